The minimum absolute atomic E-state index is 0.151. The molecule has 39 heavy (non-hydrogen) atoms. The Labute approximate surface area is 222 Å². The monoisotopic (exact) mass is 513 g/mol. The van der Waals surface area contributed by atoms with Crippen LogP contribution in [0.2, 0.25) is 0 Å². The molecule has 0 fully saturated rings. The van der Waals surface area contributed by atoms with Gasteiger partial charge in [0.1, 0.15) is 11.5 Å². The van der Waals surface area contributed by atoms with Crippen LogP contribution < -0.4 is 9.64 Å². The number of hydrogen-bond donors (Lipinski definition) is 1. The summed E-state index contributed by atoms with van der Waals surface area (Å²) < 4.78 is 5.73. The fourth-order valence-corrected chi connectivity index (χ4v) is 4.65. The van der Waals surface area contributed by atoms with Gasteiger partial charge >= 0.3 is 5.97 Å². The molecule has 0 saturated heterocycles. The summed E-state index contributed by atoms with van der Waals surface area (Å²) in [4.78, 5) is 52.0. The van der Waals surface area contributed by atoms with Gasteiger partial charge in [0.15, 0.2) is 5.78 Å². The third kappa shape index (κ3) is 4.22. The van der Waals surface area contributed by atoms with E-state index in [4.69, 9.17) is 9.84 Å². The van der Waals surface area contributed by atoms with Gasteiger partial charge in [0.25, 0.3) is 11.8 Å². The number of anilines is 1. The average Bonchev–Trinajstić information content (AvgIpc) is 3.21. The number of carbonyl (C=O) groups excluding carboxylic acids is 3. The van der Waals surface area contributed by atoms with Crippen LogP contribution in [-0.2, 0) is 0 Å². The molecule has 0 aromatic heterocycles. The Morgan fingerprint density at radius 1 is 0.615 bits per heavy atom. The molecule has 1 heterocycles. The van der Waals surface area contributed by atoms with Crippen molar-refractivity contribution < 1.29 is 29.0 Å². The number of benzene rings is 5. The Kier molecular flexibility index (Phi) is 5.73. The number of hydrogen-bond acceptors (Lipinski definition) is 5. The molecule has 0 radical (unpaired) electrons. The first kappa shape index (κ1) is 23.8. The molecule has 1 N–H and O–H groups in total. The van der Waals surface area contributed by atoms with Crippen molar-refractivity contribution in [1.82, 2.24) is 0 Å². The molecule has 7 heteroatoms. The number of aromatic carboxylic acids is 1. The van der Waals surface area contributed by atoms with Gasteiger partial charge in [-0.2, -0.15) is 0 Å². The van der Waals surface area contributed by atoms with Crippen molar-refractivity contribution in [3.8, 4) is 11.5 Å². The number of fused-ring (bicyclic) bond motifs is 2. The van der Waals surface area contributed by atoms with Crippen LogP contribution >= 0.6 is 0 Å². The topological polar surface area (TPSA) is 101 Å². The molecule has 5 aromatic carbocycles. The summed E-state index contributed by atoms with van der Waals surface area (Å²) in [6.45, 7) is 0. The molecule has 188 valence electrons. The van der Waals surface area contributed by atoms with Crippen LogP contribution in [-0.4, -0.2) is 28.7 Å². The van der Waals surface area contributed by atoms with E-state index in [-0.39, 0.29) is 28.0 Å². The quantitative estimate of drug-likeness (QED) is 0.209. The molecule has 6 rings (SSSR count). The standard InChI is InChI=1S/C32H19NO6/c34-29(20-8-13-23(14-9-20)39-24-15-10-21(11-16-24)32(37)38)22-12-17-26-27(18-22)31(36)33(30(26)35)28-7-3-5-19-4-1-2-6-25(19)28/h1-18H,(H,37,38). The predicted molar refractivity (Wildman–Crippen MR) is 145 cm³/mol. The Morgan fingerprint density at radius 2 is 1.21 bits per heavy atom. The molecular formula is C32H19NO6. The number of rotatable bonds is 6. The maximum absolute atomic E-state index is 13.4. The molecule has 0 aliphatic carbocycles. The highest BCUT2D eigenvalue weighted by Crippen LogP contribution is 2.34. The van der Waals surface area contributed by atoms with E-state index in [0.29, 0.717) is 22.7 Å². The minimum Gasteiger partial charge on any atom is -0.478 e. The number of amides is 2. The van der Waals surface area contributed by atoms with Crippen molar-refractivity contribution in [3.63, 3.8) is 0 Å². The van der Waals surface area contributed by atoms with Crippen molar-refractivity contribution >= 4 is 40.0 Å². The number of imide groups is 1. The molecule has 2 amide bonds. The zero-order valence-electron chi connectivity index (χ0n) is 20.3. The van der Waals surface area contributed by atoms with Crippen molar-refractivity contribution in [2.75, 3.05) is 4.90 Å². The molecule has 0 atom stereocenters. The van der Waals surface area contributed by atoms with E-state index in [0.717, 1.165) is 15.7 Å². The first-order chi connectivity index (χ1) is 18.9. The lowest BCUT2D eigenvalue weighted by molar-refractivity contribution is 0.0696. The summed E-state index contributed by atoms with van der Waals surface area (Å²) in [7, 11) is 0. The molecule has 0 saturated carbocycles. The molecule has 0 unspecified atom stereocenters. The van der Waals surface area contributed by atoms with Crippen LogP contribution in [0.4, 0.5) is 5.69 Å². The molecule has 0 bridgehead atoms. The maximum atomic E-state index is 13.4. The number of carboxylic acids is 1. The zero-order valence-corrected chi connectivity index (χ0v) is 20.3. The van der Waals surface area contributed by atoms with E-state index in [1.807, 2.05) is 30.3 Å². The highest BCUT2D eigenvalue weighted by atomic mass is 16.5. The van der Waals surface area contributed by atoms with Crippen molar-refractivity contribution in [2.45, 2.75) is 0 Å². The van der Waals surface area contributed by atoms with Gasteiger partial charge in [-0.1, -0.05) is 42.5 Å². The van der Waals surface area contributed by atoms with Crippen molar-refractivity contribution in [2.24, 2.45) is 0 Å². The summed E-state index contributed by atoms with van der Waals surface area (Å²) in [5, 5.41) is 10.7. The highest BCUT2D eigenvalue weighted by molar-refractivity contribution is 6.36. The van der Waals surface area contributed by atoms with Gasteiger partial charge in [0.05, 0.1) is 22.4 Å². The van der Waals surface area contributed by atoms with Gasteiger partial charge in [-0.15, -0.1) is 0 Å². The summed E-state index contributed by atoms with van der Waals surface area (Å²) >= 11 is 0. The summed E-state index contributed by atoms with van der Waals surface area (Å²) in [6, 6.07) is 30.0. The van der Waals surface area contributed by atoms with Crippen LogP contribution in [0.3, 0.4) is 0 Å². The van der Waals surface area contributed by atoms with Gasteiger partial charge in [0, 0.05) is 16.5 Å². The van der Waals surface area contributed by atoms with E-state index in [9.17, 15) is 19.2 Å². The second-order valence-corrected chi connectivity index (χ2v) is 8.99. The number of ether oxygens (including phenoxy) is 1. The Bertz CT molecular complexity index is 1800. The smallest absolute Gasteiger partial charge is 0.335 e. The second-order valence-electron chi connectivity index (χ2n) is 8.99. The summed E-state index contributed by atoms with van der Waals surface area (Å²) in [5.41, 5.74) is 1.75. The molecule has 0 spiro atoms. The lowest BCUT2D eigenvalue weighted by atomic mass is 9.99. The lowest BCUT2D eigenvalue weighted by Gasteiger charge is -2.16. The molecule has 1 aliphatic rings. The third-order valence-electron chi connectivity index (χ3n) is 6.61. The highest BCUT2D eigenvalue weighted by Gasteiger charge is 2.37. The van der Waals surface area contributed by atoms with Crippen LogP contribution in [0, 0.1) is 0 Å². The number of ketones is 1. The Balaban J connectivity index is 1.24. The first-order valence-corrected chi connectivity index (χ1v) is 12.1. The molecule has 1 aliphatic heterocycles. The van der Waals surface area contributed by atoms with Gasteiger partial charge in [-0.05, 0) is 72.1 Å². The van der Waals surface area contributed by atoms with Gasteiger partial charge in [0.2, 0.25) is 0 Å². The third-order valence-corrected chi connectivity index (χ3v) is 6.61. The van der Waals surface area contributed by atoms with E-state index in [1.165, 1.54) is 24.3 Å². The minimum atomic E-state index is -1.02. The molecular weight excluding hydrogens is 494 g/mol. The van der Waals surface area contributed by atoms with Gasteiger partial charge < -0.3 is 9.84 Å². The van der Waals surface area contributed by atoms with Crippen molar-refractivity contribution in [1.29, 1.82) is 0 Å². The number of carboxylic acid groups (broad SMARTS) is 1. The largest absolute Gasteiger partial charge is 0.478 e. The normalized spacial score (nSPS) is 12.5. The average molecular weight is 514 g/mol. The fraction of sp³-hybridized carbons (Fsp3) is 0. The molecule has 5 aromatic rings. The summed E-state index contributed by atoms with van der Waals surface area (Å²) in [5.74, 6) is -1.31. The van der Waals surface area contributed by atoms with Crippen LogP contribution in [0.1, 0.15) is 47.0 Å². The predicted octanol–water partition coefficient (Wildman–Crippen LogP) is 6.36. The lowest BCUT2D eigenvalue weighted by Crippen LogP contribution is -2.29. The zero-order chi connectivity index (χ0) is 27.1. The van der Waals surface area contributed by atoms with E-state index in [1.54, 1.807) is 54.6 Å². The van der Waals surface area contributed by atoms with E-state index >= 15 is 0 Å². The SMILES string of the molecule is O=C(O)c1ccc(Oc2ccc(C(=O)c3ccc4c(c3)C(=O)N(c3cccc5ccccc35)C4=O)cc2)cc1. The van der Waals surface area contributed by atoms with Crippen LogP contribution in [0.15, 0.2) is 109 Å². The van der Waals surface area contributed by atoms with E-state index < -0.39 is 17.8 Å². The van der Waals surface area contributed by atoms with E-state index in [2.05, 4.69) is 0 Å². The summed E-state index contributed by atoms with van der Waals surface area (Å²) in [6.07, 6.45) is 0. The fourth-order valence-electron chi connectivity index (χ4n) is 4.65. The van der Waals surface area contributed by atoms with Crippen molar-refractivity contribution in [3.05, 3.63) is 137 Å². The van der Waals surface area contributed by atoms with Crippen LogP contribution in [0.5, 0.6) is 11.5 Å². The Morgan fingerprint density at radius 3 is 1.90 bits per heavy atom. The van der Waals surface area contributed by atoms with Gasteiger partial charge in [-0.25, -0.2) is 9.69 Å². The Hall–Kier alpha value is -5.56. The first-order valence-electron chi connectivity index (χ1n) is 12.1. The molecule has 7 nitrogen and oxygen atoms in total. The van der Waals surface area contributed by atoms with Crippen LogP contribution in [0.25, 0.3) is 10.8 Å². The maximum Gasteiger partial charge on any atom is 0.335 e. The van der Waals surface area contributed by atoms with Gasteiger partial charge in [-0.3, -0.25) is 14.4 Å². The number of nitrogens with zero attached hydrogens (tertiary/aromatic N) is 1. The number of carbonyl (C=O) groups is 4. The second kappa shape index (κ2) is 9.39.